The zero-order valence-corrected chi connectivity index (χ0v) is 17.7. The minimum absolute atomic E-state index is 0.164. The van der Waals surface area contributed by atoms with Crippen LogP contribution < -0.4 is 5.32 Å². The lowest BCUT2D eigenvalue weighted by molar-refractivity contribution is 0.0704. The molecule has 9 heteroatoms. The largest absolute Gasteiger partial charge is 0.381 e. The highest BCUT2D eigenvalue weighted by Crippen LogP contribution is 2.25. The van der Waals surface area contributed by atoms with E-state index < -0.39 is 0 Å². The summed E-state index contributed by atoms with van der Waals surface area (Å²) in [4.78, 5) is 26.2. The summed E-state index contributed by atoms with van der Waals surface area (Å²) in [6.45, 7) is 2.15. The molecule has 4 aromatic rings. The van der Waals surface area contributed by atoms with Gasteiger partial charge in [-0.15, -0.1) is 0 Å². The number of carbonyl (C=O) groups excluding carboxylic acids is 1. The van der Waals surface area contributed by atoms with Gasteiger partial charge in [-0.2, -0.15) is 5.10 Å². The summed E-state index contributed by atoms with van der Waals surface area (Å²) in [6.07, 6.45) is 9.22. The van der Waals surface area contributed by atoms with E-state index in [0.717, 1.165) is 42.8 Å². The van der Waals surface area contributed by atoms with Gasteiger partial charge < -0.3 is 14.6 Å². The van der Waals surface area contributed by atoms with Crippen LogP contribution in [0.5, 0.6) is 0 Å². The van der Waals surface area contributed by atoms with E-state index in [4.69, 9.17) is 4.74 Å². The first-order valence-corrected chi connectivity index (χ1v) is 10.9. The monoisotopic (exact) mass is 431 g/mol. The first-order chi connectivity index (χ1) is 15.8. The van der Waals surface area contributed by atoms with Crippen molar-refractivity contribution >= 4 is 17.1 Å². The minimum Gasteiger partial charge on any atom is -0.381 e. The fraction of sp³-hybridized carbons (Fsp3) is 0.348. The molecule has 0 saturated carbocycles. The van der Waals surface area contributed by atoms with E-state index in [1.54, 1.807) is 17.2 Å². The molecule has 1 aromatic carbocycles. The Balaban J connectivity index is 1.34. The van der Waals surface area contributed by atoms with E-state index in [9.17, 15) is 4.79 Å². The second-order valence-electron chi connectivity index (χ2n) is 7.95. The number of hydrogen-bond donors (Lipinski definition) is 1. The molecular formula is C23H25N7O2. The third-order valence-electron chi connectivity index (χ3n) is 5.88. The molecular weight excluding hydrogens is 406 g/mol. The van der Waals surface area contributed by atoms with Crippen molar-refractivity contribution in [2.24, 2.45) is 0 Å². The number of imidazole rings is 1. The van der Waals surface area contributed by atoms with Gasteiger partial charge in [-0.3, -0.25) is 9.48 Å². The molecule has 1 amide bonds. The molecule has 5 rings (SSSR count). The normalized spacial score (nSPS) is 15.6. The Morgan fingerprint density at radius 2 is 2.00 bits per heavy atom. The first-order valence-electron chi connectivity index (χ1n) is 10.9. The number of carbonyl (C=O) groups is 1. The molecule has 1 aliphatic rings. The second kappa shape index (κ2) is 9.27. The fourth-order valence-electron chi connectivity index (χ4n) is 4.13. The molecule has 1 unspecified atom stereocenters. The van der Waals surface area contributed by atoms with E-state index in [-0.39, 0.29) is 11.9 Å². The molecule has 9 nitrogen and oxygen atoms in total. The number of nitrogens with zero attached hydrogens (tertiary/aromatic N) is 6. The lowest BCUT2D eigenvalue weighted by Crippen LogP contribution is -2.29. The molecule has 32 heavy (non-hydrogen) atoms. The van der Waals surface area contributed by atoms with Crippen LogP contribution in [0.25, 0.3) is 11.2 Å². The third-order valence-corrected chi connectivity index (χ3v) is 5.88. The van der Waals surface area contributed by atoms with Gasteiger partial charge in [-0.1, -0.05) is 30.3 Å². The number of aryl methyl sites for hydroxylation is 1. The summed E-state index contributed by atoms with van der Waals surface area (Å²) in [5.74, 6) is -0.174. The quantitative estimate of drug-likeness (QED) is 0.483. The summed E-state index contributed by atoms with van der Waals surface area (Å²) >= 11 is 0. The summed E-state index contributed by atoms with van der Waals surface area (Å²) in [5.41, 5.74) is 3.07. The Bertz CT molecular complexity index is 1170. The lowest BCUT2D eigenvalue weighted by atomic mass is 10.0. The van der Waals surface area contributed by atoms with Crippen LogP contribution in [0.1, 0.15) is 47.3 Å². The maximum Gasteiger partial charge on any atom is 0.253 e. The smallest absolute Gasteiger partial charge is 0.253 e. The number of hydrogen-bond acceptors (Lipinski definition) is 6. The van der Waals surface area contributed by atoms with Crippen LogP contribution in [0.15, 0.2) is 61.6 Å². The molecule has 0 aliphatic carbocycles. The Morgan fingerprint density at radius 1 is 1.16 bits per heavy atom. The first kappa shape index (κ1) is 20.3. The SMILES string of the molecule is O=C(NC(CCn1cncn1)c1ccccc1)c1cnc2c(c1)ncn2C1CCOCC1. The molecule has 1 N–H and O–H groups in total. The van der Waals surface area contributed by atoms with Gasteiger partial charge in [0, 0.05) is 32.0 Å². The van der Waals surface area contributed by atoms with Gasteiger partial charge in [-0.05, 0) is 30.9 Å². The Morgan fingerprint density at radius 3 is 2.78 bits per heavy atom. The van der Waals surface area contributed by atoms with Crippen LogP contribution in [-0.2, 0) is 11.3 Å². The highest BCUT2D eigenvalue weighted by molar-refractivity contribution is 5.96. The van der Waals surface area contributed by atoms with Gasteiger partial charge in [0.25, 0.3) is 5.91 Å². The van der Waals surface area contributed by atoms with E-state index >= 15 is 0 Å². The predicted molar refractivity (Wildman–Crippen MR) is 118 cm³/mol. The van der Waals surface area contributed by atoms with E-state index in [0.29, 0.717) is 24.6 Å². The number of nitrogens with one attached hydrogen (secondary N) is 1. The van der Waals surface area contributed by atoms with Gasteiger partial charge in [0.2, 0.25) is 0 Å². The molecule has 0 bridgehead atoms. The van der Waals surface area contributed by atoms with Crippen molar-refractivity contribution in [3.8, 4) is 0 Å². The van der Waals surface area contributed by atoms with E-state index in [1.807, 2.05) is 42.7 Å². The Hall–Kier alpha value is -3.59. The number of pyridine rings is 1. The highest BCUT2D eigenvalue weighted by Gasteiger charge is 2.20. The molecule has 1 fully saturated rings. The minimum atomic E-state index is -0.174. The maximum atomic E-state index is 13.1. The average Bonchev–Trinajstić information content (AvgIpc) is 3.52. The van der Waals surface area contributed by atoms with Gasteiger partial charge >= 0.3 is 0 Å². The van der Waals surface area contributed by atoms with Gasteiger partial charge in [0.05, 0.1) is 17.9 Å². The Kier molecular flexibility index (Phi) is 5.89. The standard InChI is InChI=1S/C23H25N7O2/c31-23(28-20(17-4-2-1-3-5-17)6-9-29-15-24-14-27-29)18-12-21-22(25-13-18)30(16-26-21)19-7-10-32-11-8-19/h1-5,12-16,19-20H,6-11H2,(H,28,31). The van der Waals surface area contributed by atoms with Crippen molar-refractivity contribution in [2.75, 3.05) is 13.2 Å². The summed E-state index contributed by atoms with van der Waals surface area (Å²) in [6, 6.07) is 11.9. The van der Waals surface area contributed by atoms with Crippen molar-refractivity contribution in [1.29, 1.82) is 0 Å². The third kappa shape index (κ3) is 4.38. The van der Waals surface area contributed by atoms with Gasteiger partial charge in [0.15, 0.2) is 5.65 Å². The van der Waals surface area contributed by atoms with Gasteiger partial charge in [-0.25, -0.2) is 15.0 Å². The van der Waals surface area contributed by atoms with Crippen molar-refractivity contribution in [3.63, 3.8) is 0 Å². The summed E-state index contributed by atoms with van der Waals surface area (Å²) in [5, 5.41) is 7.31. The van der Waals surface area contributed by atoms with Crippen molar-refractivity contribution in [2.45, 2.75) is 37.9 Å². The number of rotatable bonds is 7. The highest BCUT2D eigenvalue weighted by atomic mass is 16.5. The number of benzene rings is 1. The van der Waals surface area contributed by atoms with Crippen LogP contribution in [0.4, 0.5) is 0 Å². The number of amides is 1. The summed E-state index contributed by atoms with van der Waals surface area (Å²) < 4.78 is 9.33. The zero-order valence-electron chi connectivity index (χ0n) is 17.7. The van der Waals surface area contributed by atoms with Gasteiger partial charge in [0.1, 0.15) is 18.2 Å². The molecule has 164 valence electrons. The molecule has 3 aromatic heterocycles. The maximum absolute atomic E-state index is 13.1. The topological polar surface area (TPSA) is 99.8 Å². The predicted octanol–water partition coefficient (Wildman–Crippen LogP) is 2.94. The molecule has 1 saturated heterocycles. The van der Waals surface area contributed by atoms with Crippen molar-refractivity contribution in [1.82, 2.24) is 34.6 Å². The second-order valence-corrected chi connectivity index (χ2v) is 7.95. The molecule has 4 heterocycles. The van der Waals surface area contributed by atoms with E-state index in [1.165, 1.54) is 6.33 Å². The van der Waals surface area contributed by atoms with Crippen LogP contribution in [-0.4, -0.2) is 48.4 Å². The molecule has 1 atom stereocenters. The summed E-state index contributed by atoms with van der Waals surface area (Å²) in [7, 11) is 0. The molecule has 1 aliphatic heterocycles. The van der Waals surface area contributed by atoms with Crippen LogP contribution in [0.2, 0.25) is 0 Å². The zero-order chi connectivity index (χ0) is 21.8. The lowest BCUT2D eigenvalue weighted by Gasteiger charge is -2.23. The van der Waals surface area contributed by atoms with Crippen LogP contribution in [0.3, 0.4) is 0 Å². The number of fused-ring (bicyclic) bond motifs is 1. The van der Waals surface area contributed by atoms with E-state index in [2.05, 4.69) is 29.9 Å². The number of aromatic nitrogens is 6. The average molecular weight is 432 g/mol. The molecule has 0 spiro atoms. The van der Waals surface area contributed by atoms with Crippen molar-refractivity contribution in [3.05, 3.63) is 72.7 Å². The van der Waals surface area contributed by atoms with Crippen LogP contribution >= 0.6 is 0 Å². The van der Waals surface area contributed by atoms with Crippen LogP contribution in [0, 0.1) is 0 Å². The number of ether oxygens (including phenoxy) is 1. The van der Waals surface area contributed by atoms with Crippen molar-refractivity contribution < 1.29 is 9.53 Å². The molecule has 0 radical (unpaired) electrons. The Labute approximate surface area is 185 Å². The fourth-order valence-corrected chi connectivity index (χ4v) is 4.13.